The number of carbonyl (C=O) groups is 1. The molecule has 0 aliphatic carbocycles. The molecule has 0 amide bonds. The Hall–Kier alpha value is -2.39. The van der Waals surface area contributed by atoms with Crippen LogP contribution in [0.2, 0.25) is 0 Å². The number of Topliss-reactive ketones (excluding diaryl/α,β-unsaturated/α-hetero) is 1. The number of unbranched alkanes of at least 4 members (excludes halogenated alkanes) is 1. The number of nitrogens with zero attached hydrogens (tertiary/aromatic N) is 1. The monoisotopic (exact) mass is 388 g/mol. The number of aromatic amines is 1. The molecule has 2 heterocycles. The molecule has 1 aromatic heterocycles. The molecule has 0 bridgehead atoms. The summed E-state index contributed by atoms with van der Waals surface area (Å²) in [6, 6.07) is 14.6. The van der Waals surface area contributed by atoms with Crippen molar-refractivity contribution in [3.63, 3.8) is 0 Å². The van der Waals surface area contributed by atoms with Gasteiger partial charge in [0.05, 0.1) is 0 Å². The zero-order chi connectivity index (χ0) is 20.2. The SMILES string of the molecule is CCCCc1cccc(C(=O)Cc2ccc3[nH]cc(C4CCN(C)CC4)c3c2)c1. The number of rotatable bonds is 7. The zero-order valence-electron chi connectivity index (χ0n) is 17.7. The first kappa shape index (κ1) is 19.9. The van der Waals surface area contributed by atoms with Crippen LogP contribution >= 0.6 is 0 Å². The molecule has 4 rings (SSSR count). The third-order valence-corrected chi connectivity index (χ3v) is 6.37. The van der Waals surface area contributed by atoms with Gasteiger partial charge >= 0.3 is 0 Å². The molecule has 3 nitrogen and oxygen atoms in total. The number of hydrogen-bond donors (Lipinski definition) is 1. The van der Waals surface area contributed by atoms with Crippen LogP contribution in [-0.4, -0.2) is 35.8 Å². The number of aryl methyl sites for hydroxylation is 1. The van der Waals surface area contributed by atoms with Gasteiger partial charge in [-0.05, 0) is 86.6 Å². The third-order valence-electron chi connectivity index (χ3n) is 6.37. The van der Waals surface area contributed by atoms with Crippen molar-refractivity contribution in [3.8, 4) is 0 Å². The van der Waals surface area contributed by atoms with Crippen LogP contribution in [0, 0.1) is 0 Å². The zero-order valence-corrected chi connectivity index (χ0v) is 17.7. The van der Waals surface area contributed by atoms with Crippen LogP contribution < -0.4 is 0 Å². The minimum Gasteiger partial charge on any atom is -0.361 e. The van der Waals surface area contributed by atoms with Crippen molar-refractivity contribution < 1.29 is 4.79 Å². The Morgan fingerprint density at radius 1 is 1.10 bits per heavy atom. The summed E-state index contributed by atoms with van der Waals surface area (Å²) in [6.07, 6.45) is 8.45. The predicted octanol–water partition coefficient (Wildman–Crippen LogP) is 5.75. The molecular formula is C26H32N2O. The minimum atomic E-state index is 0.207. The Morgan fingerprint density at radius 3 is 2.72 bits per heavy atom. The highest BCUT2D eigenvalue weighted by molar-refractivity contribution is 5.98. The van der Waals surface area contributed by atoms with Crippen LogP contribution in [0.5, 0.6) is 0 Å². The first-order chi connectivity index (χ1) is 14.1. The van der Waals surface area contributed by atoms with Gasteiger partial charge in [-0.3, -0.25) is 4.79 Å². The number of H-pyrrole nitrogens is 1. The van der Waals surface area contributed by atoms with Gasteiger partial charge in [-0.25, -0.2) is 0 Å². The maximum atomic E-state index is 12.9. The van der Waals surface area contributed by atoms with Crippen molar-refractivity contribution in [1.82, 2.24) is 9.88 Å². The number of aromatic nitrogens is 1. The van der Waals surface area contributed by atoms with E-state index in [1.807, 2.05) is 12.1 Å². The molecule has 0 radical (unpaired) electrons. The van der Waals surface area contributed by atoms with Crippen LogP contribution in [-0.2, 0) is 12.8 Å². The van der Waals surface area contributed by atoms with Gasteiger partial charge < -0.3 is 9.88 Å². The maximum Gasteiger partial charge on any atom is 0.167 e. The second-order valence-corrected chi connectivity index (χ2v) is 8.61. The third kappa shape index (κ3) is 4.62. The lowest BCUT2D eigenvalue weighted by molar-refractivity contribution is 0.0993. The second kappa shape index (κ2) is 8.96. The molecule has 0 atom stereocenters. The normalized spacial score (nSPS) is 15.8. The highest BCUT2D eigenvalue weighted by atomic mass is 16.1. The molecule has 29 heavy (non-hydrogen) atoms. The minimum absolute atomic E-state index is 0.207. The Kier molecular flexibility index (Phi) is 6.15. The van der Waals surface area contributed by atoms with E-state index in [1.165, 1.54) is 47.7 Å². The number of benzene rings is 2. The number of ketones is 1. The molecule has 3 heteroatoms. The molecule has 3 aromatic rings. The van der Waals surface area contributed by atoms with Crippen molar-refractivity contribution >= 4 is 16.7 Å². The summed E-state index contributed by atoms with van der Waals surface area (Å²) in [6.45, 7) is 4.51. The van der Waals surface area contributed by atoms with Crippen LogP contribution in [0.3, 0.4) is 0 Å². The Balaban J connectivity index is 1.52. The lowest BCUT2D eigenvalue weighted by Gasteiger charge is -2.28. The van der Waals surface area contributed by atoms with Crippen LogP contribution in [0.15, 0.2) is 48.7 Å². The smallest absolute Gasteiger partial charge is 0.167 e. The summed E-state index contributed by atoms with van der Waals surface area (Å²) in [5, 5.41) is 1.29. The standard InChI is InChI=1S/C26H32N2O/c1-3-4-6-19-7-5-8-22(15-19)26(29)17-20-9-10-25-23(16-20)24(18-27-25)21-11-13-28(2)14-12-21/h5,7-10,15-16,18,21,27H,3-4,6,11-14,17H2,1-2H3. The van der Waals surface area contributed by atoms with E-state index >= 15 is 0 Å². The first-order valence-corrected chi connectivity index (χ1v) is 11.0. The van der Waals surface area contributed by atoms with Gasteiger partial charge in [0, 0.05) is 29.1 Å². The number of carbonyl (C=O) groups excluding carboxylic acids is 1. The number of likely N-dealkylation sites (tertiary alicyclic amines) is 1. The van der Waals surface area contributed by atoms with E-state index in [9.17, 15) is 4.79 Å². The Bertz CT molecular complexity index is 979. The molecule has 1 fully saturated rings. The second-order valence-electron chi connectivity index (χ2n) is 8.61. The summed E-state index contributed by atoms with van der Waals surface area (Å²) in [5.74, 6) is 0.820. The molecule has 2 aromatic carbocycles. The predicted molar refractivity (Wildman–Crippen MR) is 121 cm³/mol. The molecule has 152 valence electrons. The van der Waals surface area contributed by atoms with Crippen molar-refractivity contribution in [2.45, 2.75) is 51.4 Å². The average molecular weight is 389 g/mol. The Morgan fingerprint density at radius 2 is 1.93 bits per heavy atom. The van der Waals surface area contributed by atoms with E-state index in [4.69, 9.17) is 0 Å². The van der Waals surface area contributed by atoms with Crippen molar-refractivity contribution in [1.29, 1.82) is 0 Å². The molecule has 1 saturated heterocycles. The van der Waals surface area contributed by atoms with Gasteiger partial charge in [-0.1, -0.05) is 37.6 Å². The van der Waals surface area contributed by atoms with Crippen LogP contribution in [0.4, 0.5) is 0 Å². The fraction of sp³-hybridized carbons (Fsp3) is 0.423. The first-order valence-electron chi connectivity index (χ1n) is 11.0. The average Bonchev–Trinajstić information content (AvgIpc) is 3.16. The van der Waals surface area contributed by atoms with Crippen molar-refractivity contribution in [2.75, 3.05) is 20.1 Å². The molecule has 0 spiro atoms. The molecule has 1 aliphatic heterocycles. The van der Waals surface area contributed by atoms with Crippen LogP contribution in [0.25, 0.3) is 10.9 Å². The highest BCUT2D eigenvalue weighted by Crippen LogP contribution is 2.33. The van der Waals surface area contributed by atoms with E-state index in [2.05, 4.69) is 60.4 Å². The number of nitrogens with one attached hydrogen (secondary N) is 1. The van der Waals surface area contributed by atoms with E-state index < -0.39 is 0 Å². The van der Waals surface area contributed by atoms with Gasteiger partial charge in [0.25, 0.3) is 0 Å². The molecule has 1 aliphatic rings. The van der Waals surface area contributed by atoms with Gasteiger partial charge in [-0.2, -0.15) is 0 Å². The van der Waals surface area contributed by atoms with Gasteiger partial charge in [0.2, 0.25) is 0 Å². The number of fused-ring (bicyclic) bond motifs is 1. The largest absolute Gasteiger partial charge is 0.361 e. The number of hydrogen-bond acceptors (Lipinski definition) is 2. The lowest BCUT2D eigenvalue weighted by atomic mass is 9.89. The quantitative estimate of drug-likeness (QED) is 0.524. The van der Waals surface area contributed by atoms with Crippen molar-refractivity contribution in [3.05, 3.63) is 70.9 Å². The van der Waals surface area contributed by atoms with Crippen molar-refractivity contribution in [2.24, 2.45) is 0 Å². The summed E-state index contributed by atoms with van der Waals surface area (Å²) < 4.78 is 0. The van der Waals surface area contributed by atoms with Gasteiger partial charge in [0.1, 0.15) is 0 Å². The van der Waals surface area contributed by atoms with E-state index in [0.29, 0.717) is 12.3 Å². The Labute approximate surface area is 174 Å². The fourth-order valence-corrected chi connectivity index (χ4v) is 4.53. The van der Waals surface area contributed by atoms with Gasteiger partial charge in [0.15, 0.2) is 5.78 Å². The van der Waals surface area contributed by atoms with E-state index in [1.54, 1.807) is 0 Å². The summed E-state index contributed by atoms with van der Waals surface area (Å²) >= 11 is 0. The lowest BCUT2D eigenvalue weighted by Crippen LogP contribution is -2.29. The summed E-state index contributed by atoms with van der Waals surface area (Å²) in [7, 11) is 2.20. The van der Waals surface area contributed by atoms with Crippen LogP contribution in [0.1, 0.15) is 65.6 Å². The summed E-state index contributed by atoms with van der Waals surface area (Å²) in [5.41, 5.74) is 5.81. The molecular weight excluding hydrogens is 356 g/mol. The van der Waals surface area contributed by atoms with E-state index in [-0.39, 0.29) is 5.78 Å². The molecule has 0 unspecified atom stereocenters. The van der Waals surface area contributed by atoms with E-state index in [0.717, 1.165) is 30.6 Å². The highest BCUT2D eigenvalue weighted by Gasteiger charge is 2.21. The summed E-state index contributed by atoms with van der Waals surface area (Å²) in [4.78, 5) is 18.8. The molecule has 1 N–H and O–H groups in total. The fourth-order valence-electron chi connectivity index (χ4n) is 4.53. The number of piperidine rings is 1. The maximum absolute atomic E-state index is 12.9. The topological polar surface area (TPSA) is 36.1 Å². The molecule has 0 saturated carbocycles. The van der Waals surface area contributed by atoms with Gasteiger partial charge in [-0.15, -0.1) is 0 Å².